The van der Waals surface area contributed by atoms with Crippen molar-refractivity contribution in [3.8, 4) is 0 Å². The van der Waals surface area contributed by atoms with Crippen molar-refractivity contribution in [2.45, 2.75) is 24.2 Å². The van der Waals surface area contributed by atoms with Crippen molar-refractivity contribution in [1.29, 1.82) is 0 Å². The Morgan fingerprint density at radius 1 is 1.30 bits per heavy atom. The molecule has 1 amide bonds. The van der Waals surface area contributed by atoms with Gasteiger partial charge in [0.25, 0.3) is 0 Å². The lowest BCUT2D eigenvalue weighted by Gasteiger charge is -2.23. The fraction of sp³-hybridized carbons (Fsp3) is 0.533. The van der Waals surface area contributed by atoms with Gasteiger partial charge in [-0.1, -0.05) is 6.07 Å². The molecule has 2 fully saturated rings. The first-order chi connectivity index (χ1) is 10.5. The highest BCUT2D eigenvalue weighted by molar-refractivity contribution is 7.89. The minimum absolute atomic E-state index is 0. The van der Waals surface area contributed by atoms with Gasteiger partial charge in [-0.05, 0) is 63.0 Å². The van der Waals surface area contributed by atoms with Gasteiger partial charge in [0.1, 0.15) is 0 Å². The van der Waals surface area contributed by atoms with Gasteiger partial charge in [0.05, 0.1) is 4.90 Å². The molecule has 6 nitrogen and oxygen atoms in total. The Balaban J connectivity index is 0.00000192. The molecule has 1 aliphatic heterocycles. The Kier molecular flexibility index (Phi) is 5.35. The van der Waals surface area contributed by atoms with Gasteiger partial charge < -0.3 is 10.6 Å². The maximum atomic E-state index is 12.4. The van der Waals surface area contributed by atoms with Gasteiger partial charge in [0.2, 0.25) is 15.9 Å². The van der Waals surface area contributed by atoms with Crippen LogP contribution in [-0.2, 0) is 14.8 Å². The van der Waals surface area contributed by atoms with E-state index in [1.807, 2.05) is 0 Å². The Morgan fingerprint density at radius 3 is 2.65 bits per heavy atom. The molecule has 128 valence electrons. The van der Waals surface area contributed by atoms with Crippen molar-refractivity contribution < 1.29 is 13.2 Å². The van der Waals surface area contributed by atoms with Crippen LogP contribution in [0.4, 0.5) is 5.69 Å². The molecule has 1 spiro atoms. The van der Waals surface area contributed by atoms with Crippen LogP contribution in [0.2, 0.25) is 0 Å². The van der Waals surface area contributed by atoms with Crippen molar-refractivity contribution in [2.75, 3.05) is 25.5 Å². The summed E-state index contributed by atoms with van der Waals surface area (Å²) in [6.07, 6.45) is 3.02. The molecule has 0 bridgehead atoms. The van der Waals surface area contributed by atoms with Crippen LogP contribution in [0.25, 0.3) is 0 Å². The lowest BCUT2D eigenvalue weighted by molar-refractivity contribution is -0.118. The zero-order valence-electron chi connectivity index (χ0n) is 13.0. The zero-order chi connectivity index (χ0) is 15.8. The number of hydrogen-bond acceptors (Lipinski definition) is 4. The highest BCUT2D eigenvalue weighted by Crippen LogP contribution is 2.58. The van der Waals surface area contributed by atoms with E-state index in [0.29, 0.717) is 5.69 Å². The fourth-order valence-electron chi connectivity index (χ4n) is 3.28. The number of carbonyl (C=O) groups excluding carboxylic acids is 1. The molecule has 1 aromatic rings. The van der Waals surface area contributed by atoms with E-state index in [1.54, 1.807) is 12.1 Å². The lowest BCUT2D eigenvalue weighted by atomic mass is 9.92. The number of piperidine rings is 1. The lowest BCUT2D eigenvalue weighted by Crippen LogP contribution is -2.31. The highest BCUT2D eigenvalue weighted by Gasteiger charge is 2.57. The number of hydrogen-bond donors (Lipinski definition) is 3. The highest BCUT2D eigenvalue weighted by atomic mass is 35.5. The summed E-state index contributed by atoms with van der Waals surface area (Å²) in [6.45, 7) is 1.94. The van der Waals surface area contributed by atoms with Gasteiger partial charge in [-0.2, -0.15) is 0 Å². The molecule has 2 aliphatic rings. The van der Waals surface area contributed by atoms with Gasteiger partial charge in [-0.25, -0.2) is 13.1 Å². The molecule has 3 N–H and O–H groups in total. The summed E-state index contributed by atoms with van der Waals surface area (Å²) < 4.78 is 25.9. The third-order valence-electron chi connectivity index (χ3n) is 4.79. The van der Waals surface area contributed by atoms with E-state index in [9.17, 15) is 13.2 Å². The summed E-state index contributed by atoms with van der Waals surface area (Å²) in [7, 11) is -2.13. The van der Waals surface area contributed by atoms with Crippen molar-refractivity contribution in [3.05, 3.63) is 24.3 Å². The maximum Gasteiger partial charge on any atom is 0.240 e. The summed E-state index contributed by atoms with van der Waals surface area (Å²) in [5.41, 5.74) is 0.696. The second kappa shape index (κ2) is 6.76. The fourth-order valence-corrected chi connectivity index (χ4v) is 4.06. The van der Waals surface area contributed by atoms with Crippen LogP contribution in [0.3, 0.4) is 0 Å². The van der Waals surface area contributed by atoms with E-state index >= 15 is 0 Å². The quantitative estimate of drug-likeness (QED) is 0.757. The first-order valence-electron chi connectivity index (χ1n) is 7.52. The number of sulfonamides is 1. The standard InChI is InChI=1S/C15H21N3O3S.ClH/c1-16-22(20,21)12-4-2-3-11(9-12)18-14(19)13-10-15(13)5-7-17-8-6-15;/h2-4,9,13,16-17H,5-8,10H2,1H3,(H,18,19);1H. The minimum Gasteiger partial charge on any atom is -0.326 e. The van der Waals surface area contributed by atoms with Crippen molar-refractivity contribution >= 4 is 34.0 Å². The van der Waals surface area contributed by atoms with E-state index < -0.39 is 10.0 Å². The number of carbonyl (C=O) groups is 1. The SMILES string of the molecule is CNS(=O)(=O)c1cccc(NC(=O)C2CC23CCNCC3)c1.Cl. The third kappa shape index (κ3) is 3.68. The van der Waals surface area contributed by atoms with E-state index in [1.165, 1.54) is 19.2 Å². The molecule has 1 atom stereocenters. The van der Waals surface area contributed by atoms with E-state index in [-0.39, 0.29) is 34.5 Å². The smallest absolute Gasteiger partial charge is 0.240 e. The Bertz CT molecular complexity index is 687. The number of halogens is 1. The predicted octanol–water partition coefficient (Wildman–Crippen LogP) is 1.34. The van der Waals surface area contributed by atoms with Crippen LogP contribution in [0, 0.1) is 11.3 Å². The van der Waals surface area contributed by atoms with E-state index in [2.05, 4.69) is 15.4 Å². The van der Waals surface area contributed by atoms with Gasteiger partial charge in [-0.3, -0.25) is 4.79 Å². The predicted molar refractivity (Wildman–Crippen MR) is 91.2 cm³/mol. The van der Waals surface area contributed by atoms with E-state index in [0.717, 1.165) is 32.4 Å². The van der Waals surface area contributed by atoms with E-state index in [4.69, 9.17) is 0 Å². The second-order valence-electron chi connectivity index (χ2n) is 6.09. The van der Waals surface area contributed by atoms with Crippen molar-refractivity contribution in [3.63, 3.8) is 0 Å². The molecule has 0 aromatic heterocycles. The van der Waals surface area contributed by atoms with Crippen molar-refractivity contribution in [2.24, 2.45) is 11.3 Å². The Labute approximate surface area is 142 Å². The van der Waals surface area contributed by atoms with Crippen LogP contribution in [0.15, 0.2) is 29.2 Å². The molecular weight excluding hydrogens is 338 g/mol. The Hall–Kier alpha value is -1.15. The molecule has 1 saturated carbocycles. The normalized spacial score (nSPS) is 22.2. The second-order valence-corrected chi connectivity index (χ2v) is 7.98. The summed E-state index contributed by atoms with van der Waals surface area (Å²) in [5, 5.41) is 6.18. The van der Waals surface area contributed by atoms with Crippen LogP contribution >= 0.6 is 12.4 Å². The first-order valence-corrected chi connectivity index (χ1v) is 9.00. The Morgan fingerprint density at radius 2 is 2.00 bits per heavy atom. The molecule has 3 rings (SSSR count). The topological polar surface area (TPSA) is 87.3 Å². The largest absolute Gasteiger partial charge is 0.326 e. The summed E-state index contributed by atoms with van der Waals surface area (Å²) in [6, 6.07) is 6.34. The molecule has 1 saturated heterocycles. The summed E-state index contributed by atoms with van der Waals surface area (Å²) in [5.74, 6) is 0.0556. The number of anilines is 1. The van der Waals surface area contributed by atoms with Crippen LogP contribution < -0.4 is 15.4 Å². The molecule has 1 aliphatic carbocycles. The number of rotatable bonds is 4. The van der Waals surface area contributed by atoms with Crippen LogP contribution in [0.5, 0.6) is 0 Å². The van der Waals surface area contributed by atoms with Gasteiger partial charge in [0, 0.05) is 11.6 Å². The number of amides is 1. The van der Waals surface area contributed by atoms with Crippen molar-refractivity contribution in [1.82, 2.24) is 10.0 Å². The van der Waals surface area contributed by atoms with Gasteiger partial charge in [-0.15, -0.1) is 12.4 Å². The molecule has 23 heavy (non-hydrogen) atoms. The third-order valence-corrected chi connectivity index (χ3v) is 6.20. The monoisotopic (exact) mass is 359 g/mol. The zero-order valence-corrected chi connectivity index (χ0v) is 14.6. The van der Waals surface area contributed by atoms with Crippen LogP contribution in [-0.4, -0.2) is 34.5 Å². The maximum absolute atomic E-state index is 12.4. The van der Waals surface area contributed by atoms with Crippen LogP contribution in [0.1, 0.15) is 19.3 Å². The van der Waals surface area contributed by atoms with Gasteiger partial charge in [0.15, 0.2) is 0 Å². The average Bonchev–Trinajstić information content (AvgIpc) is 3.21. The molecule has 8 heteroatoms. The minimum atomic E-state index is -3.50. The summed E-state index contributed by atoms with van der Waals surface area (Å²) >= 11 is 0. The molecule has 0 radical (unpaired) electrons. The number of benzene rings is 1. The molecular formula is C15H22ClN3O3S. The first kappa shape index (κ1) is 18.2. The molecule has 1 aromatic carbocycles. The number of nitrogens with one attached hydrogen (secondary N) is 3. The average molecular weight is 360 g/mol. The molecule has 1 unspecified atom stereocenters. The van der Waals surface area contributed by atoms with Gasteiger partial charge >= 0.3 is 0 Å². The summed E-state index contributed by atoms with van der Waals surface area (Å²) in [4.78, 5) is 12.5. The molecule has 1 heterocycles.